The number of carbonyl (C=O) groups is 2. The van der Waals surface area contributed by atoms with Gasteiger partial charge in [0.25, 0.3) is 0 Å². The molecule has 0 bridgehead atoms. The third-order valence-corrected chi connectivity index (χ3v) is 4.03. The summed E-state index contributed by atoms with van der Waals surface area (Å²) < 4.78 is 37.9. The second kappa shape index (κ2) is 8.06. The van der Waals surface area contributed by atoms with Crippen LogP contribution in [-0.2, 0) is 15.8 Å². The second-order valence-corrected chi connectivity index (χ2v) is 6.17. The molecule has 2 aromatic rings. The Morgan fingerprint density at radius 3 is 2.28 bits per heavy atom. The summed E-state index contributed by atoms with van der Waals surface area (Å²) in [6.07, 6.45) is -4.45. The molecule has 0 atom stereocenters. The monoisotopic (exact) mass is 368 g/mol. The van der Waals surface area contributed by atoms with Gasteiger partial charge >= 0.3 is 6.18 Å². The summed E-state index contributed by atoms with van der Waals surface area (Å²) in [6, 6.07) is 11.4. The van der Waals surface area contributed by atoms with E-state index in [-0.39, 0.29) is 17.3 Å². The first-order valence-corrected chi connectivity index (χ1v) is 8.20. The van der Waals surface area contributed by atoms with Crippen LogP contribution in [0.2, 0.25) is 0 Å². The maximum Gasteiger partial charge on any atom is 0.416 e. The molecule has 0 aliphatic carbocycles. The number of carbonyl (C=O) groups excluding carboxylic acids is 2. The number of amides is 2. The van der Waals surface area contributed by atoms with Crippen LogP contribution in [0.1, 0.15) is 12.5 Å². The van der Waals surface area contributed by atoms with Crippen LogP contribution in [0, 0.1) is 0 Å². The molecule has 0 unspecified atom stereocenters. The molecule has 132 valence electrons. The number of benzene rings is 2. The van der Waals surface area contributed by atoms with Crippen LogP contribution in [0.3, 0.4) is 0 Å². The number of thioether (sulfide) groups is 1. The minimum atomic E-state index is -4.45. The molecule has 0 heterocycles. The summed E-state index contributed by atoms with van der Waals surface area (Å²) in [5.74, 6) is -0.536. The van der Waals surface area contributed by atoms with E-state index in [0.29, 0.717) is 5.69 Å². The molecule has 25 heavy (non-hydrogen) atoms. The zero-order valence-electron chi connectivity index (χ0n) is 13.2. The summed E-state index contributed by atoms with van der Waals surface area (Å²) in [4.78, 5) is 23.6. The van der Waals surface area contributed by atoms with Gasteiger partial charge in [0.15, 0.2) is 0 Å². The molecule has 0 aliphatic rings. The molecular formula is C17H15F3N2O2S. The van der Waals surface area contributed by atoms with Crippen molar-refractivity contribution >= 4 is 35.0 Å². The largest absolute Gasteiger partial charge is 0.416 e. The predicted octanol–water partition coefficient (Wildman–Crippen LogP) is 4.39. The lowest BCUT2D eigenvalue weighted by molar-refractivity contribution is -0.137. The van der Waals surface area contributed by atoms with E-state index in [9.17, 15) is 22.8 Å². The lowest BCUT2D eigenvalue weighted by Gasteiger charge is -2.10. The van der Waals surface area contributed by atoms with Crippen molar-refractivity contribution in [3.8, 4) is 0 Å². The van der Waals surface area contributed by atoms with Crippen LogP contribution < -0.4 is 10.6 Å². The van der Waals surface area contributed by atoms with Gasteiger partial charge in [-0.15, -0.1) is 11.8 Å². The standard InChI is InChI=1S/C17H15F3N2O2S/c1-11(23)21-13-5-7-15(8-6-13)25-10-16(24)22-14-4-2-3-12(9-14)17(18,19)20/h2-9H,10H2,1H3,(H,21,23)(H,22,24). The molecule has 8 heteroatoms. The fourth-order valence-corrected chi connectivity index (χ4v) is 2.66. The lowest BCUT2D eigenvalue weighted by atomic mass is 10.2. The summed E-state index contributed by atoms with van der Waals surface area (Å²) in [5.41, 5.74) is -0.0711. The van der Waals surface area contributed by atoms with Crippen LogP contribution >= 0.6 is 11.8 Å². The van der Waals surface area contributed by atoms with Gasteiger partial charge in [0.1, 0.15) is 0 Å². The van der Waals surface area contributed by atoms with Gasteiger partial charge in [-0.25, -0.2) is 0 Å². The van der Waals surface area contributed by atoms with Crippen molar-refractivity contribution < 1.29 is 22.8 Å². The van der Waals surface area contributed by atoms with Gasteiger partial charge in [0.05, 0.1) is 11.3 Å². The number of hydrogen-bond acceptors (Lipinski definition) is 3. The number of halogens is 3. The molecule has 0 aliphatic heterocycles. The number of hydrogen-bond donors (Lipinski definition) is 2. The second-order valence-electron chi connectivity index (χ2n) is 5.12. The van der Waals surface area contributed by atoms with Gasteiger partial charge in [-0.3, -0.25) is 9.59 Å². The molecule has 4 nitrogen and oxygen atoms in total. The van der Waals surface area contributed by atoms with Crippen molar-refractivity contribution in [1.82, 2.24) is 0 Å². The zero-order valence-corrected chi connectivity index (χ0v) is 14.0. The van der Waals surface area contributed by atoms with Gasteiger partial charge in [0.2, 0.25) is 11.8 Å². The molecule has 0 fully saturated rings. The Hall–Kier alpha value is -2.48. The van der Waals surface area contributed by atoms with Gasteiger partial charge < -0.3 is 10.6 Å². The summed E-state index contributed by atoms with van der Waals surface area (Å²) in [6.45, 7) is 1.40. The van der Waals surface area contributed by atoms with E-state index in [0.717, 1.165) is 17.0 Å². The van der Waals surface area contributed by atoms with Crippen molar-refractivity contribution in [2.75, 3.05) is 16.4 Å². The third kappa shape index (κ3) is 6.15. The molecular weight excluding hydrogens is 353 g/mol. The molecule has 0 aromatic heterocycles. The fraction of sp³-hybridized carbons (Fsp3) is 0.176. The SMILES string of the molecule is CC(=O)Nc1ccc(SCC(=O)Nc2cccc(C(F)(F)F)c2)cc1. The summed E-state index contributed by atoms with van der Waals surface area (Å²) in [5, 5.41) is 5.07. The minimum absolute atomic E-state index is 0.0513. The lowest BCUT2D eigenvalue weighted by Crippen LogP contribution is -2.15. The highest BCUT2D eigenvalue weighted by Gasteiger charge is 2.30. The van der Waals surface area contributed by atoms with E-state index in [2.05, 4.69) is 10.6 Å². The number of anilines is 2. The van der Waals surface area contributed by atoms with Crippen molar-refractivity contribution in [3.05, 3.63) is 54.1 Å². The maximum atomic E-state index is 12.6. The smallest absolute Gasteiger partial charge is 0.326 e. The molecule has 2 rings (SSSR count). The van der Waals surface area contributed by atoms with Crippen molar-refractivity contribution in [3.63, 3.8) is 0 Å². The Labute approximate surface area is 146 Å². The fourth-order valence-electron chi connectivity index (χ4n) is 1.96. The van der Waals surface area contributed by atoms with Crippen LogP contribution in [0.5, 0.6) is 0 Å². The highest BCUT2D eigenvalue weighted by molar-refractivity contribution is 8.00. The average molecular weight is 368 g/mol. The van der Waals surface area contributed by atoms with E-state index < -0.39 is 17.6 Å². The quantitative estimate of drug-likeness (QED) is 0.770. The third-order valence-electron chi connectivity index (χ3n) is 3.02. The first-order valence-electron chi connectivity index (χ1n) is 7.21. The number of nitrogens with one attached hydrogen (secondary N) is 2. The van der Waals surface area contributed by atoms with Gasteiger partial charge in [-0.1, -0.05) is 6.07 Å². The first kappa shape index (κ1) is 18.9. The molecule has 0 saturated carbocycles. The Kier molecular flexibility index (Phi) is 6.08. The molecule has 2 aromatic carbocycles. The van der Waals surface area contributed by atoms with Gasteiger partial charge in [-0.2, -0.15) is 13.2 Å². The van der Waals surface area contributed by atoms with E-state index >= 15 is 0 Å². The van der Waals surface area contributed by atoms with Crippen molar-refractivity contribution in [1.29, 1.82) is 0 Å². The Bertz CT molecular complexity index is 761. The molecule has 0 spiro atoms. The predicted molar refractivity (Wildman–Crippen MR) is 91.5 cm³/mol. The van der Waals surface area contributed by atoms with Crippen LogP contribution in [0.4, 0.5) is 24.5 Å². The number of rotatable bonds is 5. The maximum absolute atomic E-state index is 12.6. The molecule has 2 amide bonds. The highest BCUT2D eigenvalue weighted by atomic mass is 32.2. The molecule has 0 saturated heterocycles. The van der Waals surface area contributed by atoms with E-state index in [1.807, 2.05) is 0 Å². The van der Waals surface area contributed by atoms with Gasteiger partial charge in [-0.05, 0) is 42.5 Å². The highest BCUT2D eigenvalue weighted by Crippen LogP contribution is 2.30. The van der Waals surface area contributed by atoms with Crippen LogP contribution in [-0.4, -0.2) is 17.6 Å². The summed E-state index contributed by atoms with van der Waals surface area (Å²) in [7, 11) is 0. The zero-order chi connectivity index (χ0) is 18.4. The van der Waals surface area contributed by atoms with Crippen LogP contribution in [0.25, 0.3) is 0 Å². The van der Waals surface area contributed by atoms with Crippen LogP contribution in [0.15, 0.2) is 53.4 Å². The normalized spacial score (nSPS) is 11.0. The van der Waals surface area contributed by atoms with Crippen molar-refractivity contribution in [2.45, 2.75) is 18.0 Å². The molecule has 0 radical (unpaired) electrons. The minimum Gasteiger partial charge on any atom is -0.326 e. The Morgan fingerprint density at radius 2 is 1.68 bits per heavy atom. The van der Waals surface area contributed by atoms with E-state index in [1.54, 1.807) is 24.3 Å². The average Bonchev–Trinajstić information content (AvgIpc) is 2.53. The van der Waals surface area contributed by atoms with Crippen molar-refractivity contribution in [2.24, 2.45) is 0 Å². The van der Waals surface area contributed by atoms with E-state index in [1.165, 1.54) is 30.8 Å². The van der Waals surface area contributed by atoms with E-state index in [4.69, 9.17) is 0 Å². The first-order chi connectivity index (χ1) is 11.7. The topological polar surface area (TPSA) is 58.2 Å². The Morgan fingerprint density at radius 1 is 1.00 bits per heavy atom. The number of alkyl halides is 3. The summed E-state index contributed by atoms with van der Waals surface area (Å²) >= 11 is 1.24. The molecule has 2 N–H and O–H groups in total. The van der Waals surface area contributed by atoms with Gasteiger partial charge in [0, 0.05) is 23.2 Å². The Balaban J connectivity index is 1.89.